The number of aromatic nitrogens is 4. The lowest BCUT2D eigenvalue weighted by Gasteiger charge is -2.19. The van der Waals surface area contributed by atoms with Gasteiger partial charge in [-0.05, 0) is 37.7 Å². The zero-order chi connectivity index (χ0) is 19.4. The Balaban J connectivity index is 1.58. The van der Waals surface area contributed by atoms with Gasteiger partial charge in [-0.1, -0.05) is 27.7 Å². The summed E-state index contributed by atoms with van der Waals surface area (Å²) in [5.41, 5.74) is 3.47. The van der Waals surface area contributed by atoms with Crippen molar-refractivity contribution in [1.29, 1.82) is 0 Å². The van der Waals surface area contributed by atoms with E-state index in [-0.39, 0.29) is 0 Å². The van der Waals surface area contributed by atoms with Crippen LogP contribution in [0.5, 0.6) is 0 Å². The van der Waals surface area contributed by atoms with Crippen molar-refractivity contribution in [3.8, 4) is 0 Å². The predicted molar refractivity (Wildman–Crippen MR) is 110 cm³/mol. The van der Waals surface area contributed by atoms with Gasteiger partial charge in [0, 0.05) is 49.8 Å². The molecule has 1 aliphatic heterocycles. The number of hydrogen-bond acceptors (Lipinski definition) is 5. The number of nitrogens with zero attached hydrogens (tertiary/aromatic N) is 5. The summed E-state index contributed by atoms with van der Waals surface area (Å²) in [5, 5.41) is 3.70. The van der Waals surface area contributed by atoms with Gasteiger partial charge in [-0.3, -0.25) is 0 Å². The molecule has 0 saturated carbocycles. The van der Waals surface area contributed by atoms with Crippen LogP contribution in [0.15, 0.2) is 18.6 Å². The molecule has 1 aliphatic rings. The van der Waals surface area contributed by atoms with Gasteiger partial charge in [-0.2, -0.15) is 0 Å². The van der Waals surface area contributed by atoms with Crippen molar-refractivity contribution in [2.75, 3.05) is 18.0 Å². The van der Waals surface area contributed by atoms with Crippen LogP contribution in [0.25, 0.3) is 0 Å². The minimum absolute atomic E-state index is 0.463. The number of rotatable bonds is 8. The van der Waals surface area contributed by atoms with Crippen LogP contribution in [0.4, 0.5) is 5.95 Å². The first kappa shape index (κ1) is 19.8. The standard InChI is InChI=1S/C21H34N6/c1-15(2)8-19-9-17(5)24-21(25-19)26-7-6-18(13-26)23-11-20-10-22-14-27(20)12-16(3)4/h9-10,14-16,18,23H,6-8,11-13H2,1-5H3. The first-order valence-electron chi connectivity index (χ1n) is 10.2. The second kappa shape index (κ2) is 8.83. The molecule has 0 bridgehead atoms. The average molecular weight is 371 g/mol. The Kier molecular flexibility index (Phi) is 6.47. The molecular weight excluding hydrogens is 336 g/mol. The molecule has 6 nitrogen and oxygen atoms in total. The Morgan fingerprint density at radius 2 is 2.00 bits per heavy atom. The summed E-state index contributed by atoms with van der Waals surface area (Å²) in [6, 6.07) is 2.58. The van der Waals surface area contributed by atoms with Crippen LogP contribution < -0.4 is 10.2 Å². The van der Waals surface area contributed by atoms with Gasteiger partial charge in [-0.25, -0.2) is 15.0 Å². The summed E-state index contributed by atoms with van der Waals surface area (Å²) in [5.74, 6) is 2.12. The fraction of sp³-hybridized carbons (Fsp3) is 0.667. The lowest BCUT2D eigenvalue weighted by Crippen LogP contribution is -2.33. The van der Waals surface area contributed by atoms with Gasteiger partial charge in [-0.15, -0.1) is 0 Å². The lowest BCUT2D eigenvalue weighted by molar-refractivity contribution is 0.484. The molecule has 0 aromatic carbocycles. The van der Waals surface area contributed by atoms with Crippen LogP contribution in [0.2, 0.25) is 0 Å². The van der Waals surface area contributed by atoms with Gasteiger partial charge in [0.25, 0.3) is 0 Å². The number of imidazole rings is 1. The molecule has 3 rings (SSSR count). The summed E-state index contributed by atoms with van der Waals surface area (Å²) in [7, 11) is 0. The van der Waals surface area contributed by atoms with Crippen molar-refractivity contribution < 1.29 is 0 Å². The van der Waals surface area contributed by atoms with Crippen molar-refractivity contribution in [3.63, 3.8) is 0 Å². The molecule has 1 N–H and O–H groups in total. The van der Waals surface area contributed by atoms with Crippen molar-refractivity contribution in [2.24, 2.45) is 11.8 Å². The number of aryl methyl sites for hydroxylation is 1. The highest BCUT2D eigenvalue weighted by Crippen LogP contribution is 2.19. The Morgan fingerprint density at radius 1 is 1.19 bits per heavy atom. The average Bonchev–Trinajstić information content (AvgIpc) is 3.20. The number of hydrogen-bond donors (Lipinski definition) is 1. The molecule has 0 spiro atoms. The van der Waals surface area contributed by atoms with E-state index in [0.29, 0.717) is 17.9 Å². The molecule has 6 heteroatoms. The monoisotopic (exact) mass is 370 g/mol. The second-order valence-corrected chi connectivity index (χ2v) is 8.64. The molecule has 2 aromatic rings. The van der Waals surface area contributed by atoms with E-state index < -0.39 is 0 Å². The third-order valence-corrected chi connectivity index (χ3v) is 4.92. The van der Waals surface area contributed by atoms with Gasteiger partial charge >= 0.3 is 0 Å². The van der Waals surface area contributed by atoms with Crippen LogP contribution in [-0.2, 0) is 19.5 Å². The normalized spacial score (nSPS) is 17.4. The van der Waals surface area contributed by atoms with E-state index >= 15 is 0 Å². The minimum Gasteiger partial charge on any atom is -0.339 e. The second-order valence-electron chi connectivity index (χ2n) is 8.64. The minimum atomic E-state index is 0.463. The highest BCUT2D eigenvalue weighted by molar-refractivity contribution is 5.34. The molecule has 148 valence electrons. The van der Waals surface area contributed by atoms with Gasteiger partial charge in [0.15, 0.2) is 0 Å². The quantitative estimate of drug-likeness (QED) is 0.773. The van der Waals surface area contributed by atoms with Gasteiger partial charge in [0.05, 0.1) is 12.0 Å². The molecule has 0 aliphatic carbocycles. The van der Waals surface area contributed by atoms with Crippen LogP contribution in [0.3, 0.4) is 0 Å². The summed E-state index contributed by atoms with van der Waals surface area (Å²) in [4.78, 5) is 16.1. The van der Waals surface area contributed by atoms with Gasteiger partial charge in [0.1, 0.15) is 0 Å². The van der Waals surface area contributed by atoms with Crippen LogP contribution in [-0.4, -0.2) is 38.7 Å². The Bertz CT molecular complexity index is 736. The van der Waals surface area contributed by atoms with Crippen molar-refractivity contribution in [3.05, 3.63) is 35.7 Å². The summed E-state index contributed by atoms with van der Waals surface area (Å²) in [6.07, 6.45) is 6.04. The van der Waals surface area contributed by atoms with E-state index in [2.05, 4.69) is 65.4 Å². The first-order valence-corrected chi connectivity index (χ1v) is 10.2. The maximum absolute atomic E-state index is 4.82. The van der Waals surface area contributed by atoms with Crippen LogP contribution in [0, 0.1) is 18.8 Å². The molecule has 1 atom stereocenters. The van der Waals surface area contributed by atoms with E-state index in [1.807, 2.05) is 12.5 Å². The third-order valence-electron chi connectivity index (χ3n) is 4.92. The maximum atomic E-state index is 4.82. The summed E-state index contributed by atoms with van der Waals surface area (Å²) < 4.78 is 2.26. The molecule has 1 fully saturated rings. The van der Waals surface area contributed by atoms with E-state index in [0.717, 1.165) is 56.4 Å². The maximum Gasteiger partial charge on any atom is 0.225 e. The first-order chi connectivity index (χ1) is 12.9. The van der Waals surface area contributed by atoms with E-state index in [9.17, 15) is 0 Å². The Morgan fingerprint density at radius 3 is 2.74 bits per heavy atom. The fourth-order valence-corrected chi connectivity index (χ4v) is 3.69. The Hall–Kier alpha value is -1.95. The topological polar surface area (TPSA) is 58.9 Å². The van der Waals surface area contributed by atoms with Crippen LogP contribution >= 0.6 is 0 Å². The van der Waals surface area contributed by atoms with Gasteiger partial charge < -0.3 is 14.8 Å². The van der Waals surface area contributed by atoms with Gasteiger partial charge in [0.2, 0.25) is 5.95 Å². The number of nitrogens with one attached hydrogen (secondary N) is 1. The fourth-order valence-electron chi connectivity index (χ4n) is 3.69. The van der Waals surface area contributed by atoms with E-state index in [1.165, 1.54) is 5.69 Å². The van der Waals surface area contributed by atoms with Crippen molar-refractivity contribution in [2.45, 2.75) is 66.6 Å². The summed E-state index contributed by atoms with van der Waals surface area (Å²) >= 11 is 0. The summed E-state index contributed by atoms with van der Waals surface area (Å²) in [6.45, 7) is 14.9. The molecule has 1 unspecified atom stereocenters. The molecule has 2 aromatic heterocycles. The molecule has 1 saturated heterocycles. The Labute approximate surface area is 163 Å². The van der Waals surface area contributed by atoms with Crippen LogP contribution in [0.1, 0.15) is 51.2 Å². The highest BCUT2D eigenvalue weighted by atomic mass is 15.3. The molecule has 0 radical (unpaired) electrons. The predicted octanol–water partition coefficient (Wildman–Crippen LogP) is 3.20. The number of anilines is 1. The zero-order valence-electron chi connectivity index (χ0n) is 17.4. The van der Waals surface area contributed by atoms with E-state index in [1.54, 1.807) is 0 Å². The molecule has 0 amide bonds. The van der Waals surface area contributed by atoms with E-state index in [4.69, 9.17) is 4.98 Å². The molecule has 27 heavy (non-hydrogen) atoms. The molecule has 3 heterocycles. The highest BCUT2D eigenvalue weighted by Gasteiger charge is 2.24. The van der Waals surface area contributed by atoms with Crippen molar-refractivity contribution >= 4 is 5.95 Å². The zero-order valence-corrected chi connectivity index (χ0v) is 17.4. The molecular formula is C21H34N6. The van der Waals surface area contributed by atoms with Crippen molar-refractivity contribution in [1.82, 2.24) is 24.8 Å². The largest absolute Gasteiger partial charge is 0.339 e. The third kappa shape index (κ3) is 5.51. The lowest BCUT2D eigenvalue weighted by atomic mass is 10.1. The smallest absolute Gasteiger partial charge is 0.225 e. The SMILES string of the molecule is Cc1cc(CC(C)C)nc(N2CCC(NCc3cncn3CC(C)C)C2)n1.